The molecule has 3 N–H and O–H groups in total. The lowest BCUT2D eigenvalue weighted by atomic mass is 10.00. The van der Waals surface area contributed by atoms with E-state index in [4.69, 9.17) is 10.5 Å². The standard InChI is InChI=1S/C12H15F2NO4.ClH/c1-3-19-11(17)12(13,14)10(15)8-6-7(18-2)4-5-9(8)16;/h4-6,10,16H,3,15H2,1-2H3;1H/t10-;/m1./s1. The second kappa shape index (κ2) is 7.25. The number of rotatable bonds is 5. The fraction of sp³-hybridized carbons (Fsp3) is 0.417. The molecule has 0 bridgehead atoms. The van der Waals surface area contributed by atoms with Gasteiger partial charge in [-0.2, -0.15) is 8.78 Å². The van der Waals surface area contributed by atoms with Gasteiger partial charge in [-0.05, 0) is 25.1 Å². The van der Waals surface area contributed by atoms with E-state index in [-0.39, 0.29) is 30.3 Å². The molecule has 5 nitrogen and oxygen atoms in total. The summed E-state index contributed by atoms with van der Waals surface area (Å²) in [5, 5.41) is 9.55. The Morgan fingerprint density at radius 3 is 2.60 bits per heavy atom. The number of carbonyl (C=O) groups excluding carboxylic acids is 1. The summed E-state index contributed by atoms with van der Waals surface area (Å²) in [4.78, 5) is 11.2. The molecular formula is C12H16ClF2NO4. The monoisotopic (exact) mass is 311 g/mol. The van der Waals surface area contributed by atoms with Crippen LogP contribution in [0.5, 0.6) is 11.5 Å². The Morgan fingerprint density at radius 2 is 2.10 bits per heavy atom. The SMILES string of the molecule is CCOC(=O)C(F)(F)[C@H](N)c1cc(OC)ccc1O.Cl. The highest BCUT2D eigenvalue weighted by molar-refractivity contribution is 5.85. The first-order valence-corrected chi connectivity index (χ1v) is 5.52. The molecule has 0 radical (unpaired) electrons. The number of ether oxygens (including phenoxy) is 2. The van der Waals surface area contributed by atoms with Gasteiger partial charge in [0.25, 0.3) is 0 Å². The number of phenolic OH excluding ortho intramolecular Hbond substituents is 1. The van der Waals surface area contributed by atoms with Gasteiger partial charge in [-0.1, -0.05) is 0 Å². The van der Waals surface area contributed by atoms with Crippen molar-refractivity contribution in [2.45, 2.75) is 18.9 Å². The number of hydrogen-bond donors (Lipinski definition) is 2. The van der Waals surface area contributed by atoms with Crippen molar-refractivity contribution in [2.75, 3.05) is 13.7 Å². The van der Waals surface area contributed by atoms with Crippen LogP contribution in [0.2, 0.25) is 0 Å². The lowest BCUT2D eigenvalue weighted by Crippen LogP contribution is -2.41. The molecule has 1 atom stereocenters. The van der Waals surface area contributed by atoms with Gasteiger partial charge in [0, 0.05) is 5.56 Å². The van der Waals surface area contributed by atoms with Crippen molar-refractivity contribution >= 4 is 18.4 Å². The molecule has 0 amide bonds. The maximum Gasteiger partial charge on any atom is 0.379 e. The Kier molecular flexibility index (Phi) is 6.67. The Hall–Kier alpha value is -1.60. The van der Waals surface area contributed by atoms with Crippen molar-refractivity contribution in [3.63, 3.8) is 0 Å². The number of methoxy groups -OCH3 is 1. The van der Waals surface area contributed by atoms with Gasteiger partial charge < -0.3 is 20.3 Å². The van der Waals surface area contributed by atoms with Crippen molar-refractivity contribution in [3.8, 4) is 11.5 Å². The second-order valence-electron chi connectivity index (χ2n) is 3.75. The fourth-order valence-electron chi connectivity index (χ4n) is 1.46. The molecule has 0 unspecified atom stereocenters. The molecule has 1 aromatic rings. The summed E-state index contributed by atoms with van der Waals surface area (Å²) in [5.41, 5.74) is 5.07. The maximum absolute atomic E-state index is 13.7. The third kappa shape index (κ3) is 3.71. The highest BCUT2D eigenvalue weighted by atomic mass is 35.5. The Morgan fingerprint density at radius 1 is 1.50 bits per heavy atom. The molecule has 0 aliphatic carbocycles. The number of alkyl halides is 2. The number of nitrogens with two attached hydrogens (primary N) is 1. The van der Waals surface area contributed by atoms with Crippen LogP contribution in [-0.4, -0.2) is 30.7 Å². The zero-order chi connectivity index (χ0) is 14.6. The Bertz CT molecular complexity index is 471. The molecule has 0 aliphatic heterocycles. The third-order valence-electron chi connectivity index (χ3n) is 2.51. The zero-order valence-corrected chi connectivity index (χ0v) is 11.7. The molecule has 0 spiro atoms. The van der Waals surface area contributed by atoms with Gasteiger partial charge in [0.15, 0.2) is 0 Å². The molecule has 0 heterocycles. The molecule has 0 aliphatic rings. The van der Waals surface area contributed by atoms with E-state index in [9.17, 15) is 18.7 Å². The van der Waals surface area contributed by atoms with Crippen LogP contribution in [0.1, 0.15) is 18.5 Å². The van der Waals surface area contributed by atoms with Crippen LogP contribution in [0.25, 0.3) is 0 Å². The number of phenols is 1. The highest BCUT2D eigenvalue weighted by Gasteiger charge is 2.48. The van der Waals surface area contributed by atoms with E-state index < -0.39 is 23.7 Å². The fourth-order valence-corrected chi connectivity index (χ4v) is 1.46. The number of benzene rings is 1. The summed E-state index contributed by atoms with van der Waals surface area (Å²) in [6.07, 6.45) is 0. The molecule has 8 heteroatoms. The first kappa shape index (κ1) is 18.4. The summed E-state index contributed by atoms with van der Waals surface area (Å²) in [6.45, 7) is 1.22. The maximum atomic E-state index is 13.7. The van der Waals surface area contributed by atoms with Crippen LogP contribution in [0, 0.1) is 0 Å². The van der Waals surface area contributed by atoms with E-state index in [2.05, 4.69) is 4.74 Å². The normalized spacial score (nSPS) is 12.2. The minimum atomic E-state index is -3.94. The van der Waals surface area contributed by atoms with Crippen LogP contribution >= 0.6 is 12.4 Å². The number of aromatic hydroxyl groups is 1. The zero-order valence-electron chi connectivity index (χ0n) is 10.9. The molecular weight excluding hydrogens is 296 g/mol. The van der Waals surface area contributed by atoms with Gasteiger partial charge in [-0.3, -0.25) is 0 Å². The first-order valence-electron chi connectivity index (χ1n) is 5.52. The van der Waals surface area contributed by atoms with Crippen LogP contribution in [0.4, 0.5) is 8.78 Å². The van der Waals surface area contributed by atoms with Gasteiger partial charge in [-0.25, -0.2) is 4.79 Å². The summed E-state index contributed by atoms with van der Waals surface area (Å²) < 4.78 is 36.6. The number of hydrogen-bond acceptors (Lipinski definition) is 5. The minimum Gasteiger partial charge on any atom is -0.508 e. The van der Waals surface area contributed by atoms with Gasteiger partial charge in [0.05, 0.1) is 13.7 Å². The van der Waals surface area contributed by atoms with E-state index in [0.29, 0.717) is 0 Å². The lowest BCUT2D eigenvalue weighted by molar-refractivity contribution is -0.174. The van der Waals surface area contributed by atoms with Gasteiger partial charge in [-0.15, -0.1) is 12.4 Å². The largest absolute Gasteiger partial charge is 0.508 e. The molecule has 0 fully saturated rings. The van der Waals surface area contributed by atoms with E-state index in [1.54, 1.807) is 0 Å². The van der Waals surface area contributed by atoms with Gasteiger partial charge in [0.2, 0.25) is 0 Å². The topological polar surface area (TPSA) is 81.8 Å². The van der Waals surface area contributed by atoms with Crippen LogP contribution in [0.3, 0.4) is 0 Å². The van der Waals surface area contributed by atoms with Crippen molar-refractivity contribution < 1.29 is 28.2 Å². The van der Waals surface area contributed by atoms with E-state index in [1.807, 2.05) is 0 Å². The van der Waals surface area contributed by atoms with E-state index in [1.165, 1.54) is 20.1 Å². The molecule has 20 heavy (non-hydrogen) atoms. The molecule has 0 aromatic heterocycles. The molecule has 1 aromatic carbocycles. The summed E-state index contributed by atoms with van der Waals surface area (Å²) >= 11 is 0. The molecule has 1 rings (SSSR count). The lowest BCUT2D eigenvalue weighted by Gasteiger charge is -2.22. The Balaban J connectivity index is 0.00000361. The Labute approximate surface area is 121 Å². The van der Waals surface area contributed by atoms with Crippen LogP contribution in [0.15, 0.2) is 18.2 Å². The first-order chi connectivity index (χ1) is 8.84. The minimum absolute atomic E-state index is 0. The van der Waals surface area contributed by atoms with Crippen LogP contribution in [-0.2, 0) is 9.53 Å². The summed E-state index contributed by atoms with van der Waals surface area (Å²) in [5.74, 6) is -5.88. The second-order valence-corrected chi connectivity index (χ2v) is 3.75. The quantitative estimate of drug-likeness (QED) is 0.813. The highest BCUT2D eigenvalue weighted by Crippen LogP contribution is 2.36. The predicted octanol–water partition coefficient (Wildman–Crippen LogP) is 2.02. The van der Waals surface area contributed by atoms with Crippen molar-refractivity contribution in [3.05, 3.63) is 23.8 Å². The van der Waals surface area contributed by atoms with Crippen molar-refractivity contribution in [1.29, 1.82) is 0 Å². The van der Waals surface area contributed by atoms with Gasteiger partial charge in [0.1, 0.15) is 17.5 Å². The number of carbonyl (C=O) groups is 1. The summed E-state index contributed by atoms with van der Waals surface area (Å²) in [7, 11) is 1.34. The van der Waals surface area contributed by atoms with E-state index >= 15 is 0 Å². The average molecular weight is 312 g/mol. The van der Waals surface area contributed by atoms with Crippen LogP contribution < -0.4 is 10.5 Å². The molecule has 114 valence electrons. The number of halogens is 3. The molecule has 0 saturated carbocycles. The third-order valence-corrected chi connectivity index (χ3v) is 2.51. The van der Waals surface area contributed by atoms with Crippen molar-refractivity contribution in [2.24, 2.45) is 5.73 Å². The predicted molar refractivity (Wildman–Crippen MR) is 70.4 cm³/mol. The van der Waals surface area contributed by atoms with Gasteiger partial charge >= 0.3 is 11.9 Å². The number of esters is 1. The van der Waals surface area contributed by atoms with E-state index in [0.717, 1.165) is 12.1 Å². The smallest absolute Gasteiger partial charge is 0.379 e. The molecule has 0 saturated heterocycles. The average Bonchev–Trinajstić information content (AvgIpc) is 2.38. The van der Waals surface area contributed by atoms with Crippen molar-refractivity contribution in [1.82, 2.24) is 0 Å². The summed E-state index contributed by atoms with van der Waals surface area (Å²) in [6, 6.07) is 1.66.